The Morgan fingerprint density at radius 2 is 2.19 bits per heavy atom. The molecule has 16 heavy (non-hydrogen) atoms. The highest BCUT2D eigenvalue weighted by molar-refractivity contribution is 5.84. The topological polar surface area (TPSA) is 64.3 Å². The van der Waals surface area contributed by atoms with E-state index in [0.717, 1.165) is 13.0 Å². The second-order valence-corrected chi connectivity index (χ2v) is 5.56. The van der Waals surface area contributed by atoms with Gasteiger partial charge in [-0.2, -0.15) is 0 Å². The zero-order valence-electron chi connectivity index (χ0n) is 10.7. The average molecular weight is 228 g/mol. The van der Waals surface area contributed by atoms with Crippen molar-refractivity contribution < 1.29 is 9.53 Å². The summed E-state index contributed by atoms with van der Waals surface area (Å²) in [6.45, 7) is 9.20. The molecule has 1 aliphatic rings. The van der Waals surface area contributed by atoms with Gasteiger partial charge in [0.15, 0.2) is 0 Å². The highest BCUT2D eigenvalue weighted by Crippen LogP contribution is 2.26. The van der Waals surface area contributed by atoms with Crippen LogP contribution in [0.5, 0.6) is 0 Å². The summed E-state index contributed by atoms with van der Waals surface area (Å²) in [6, 6.07) is 0. The molecule has 0 saturated carbocycles. The molecule has 94 valence electrons. The molecule has 1 amide bonds. The third-order valence-electron chi connectivity index (χ3n) is 3.03. The molecule has 4 heteroatoms. The quantitative estimate of drug-likeness (QED) is 0.751. The molecule has 1 rings (SSSR count). The average Bonchev–Trinajstić information content (AvgIpc) is 2.60. The van der Waals surface area contributed by atoms with Gasteiger partial charge in [0.1, 0.15) is 0 Å². The highest BCUT2D eigenvalue weighted by Gasteiger charge is 2.31. The zero-order valence-corrected chi connectivity index (χ0v) is 10.7. The van der Waals surface area contributed by atoms with E-state index in [1.54, 1.807) is 13.8 Å². The first kappa shape index (κ1) is 13.5. The summed E-state index contributed by atoms with van der Waals surface area (Å²) in [7, 11) is 0. The molecule has 1 aliphatic heterocycles. The number of hydrogen-bond acceptors (Lipinski definition) is 3. The van der Waals surface area contributed by atoms with Gasteiger partial charge in [0, 0.05) is 19.1 Å². The number of carbonyl (C=O) groups is 1. The minimum Gasteiger partial charge on any atom is -0.378 e. The fraction of sp³-hybridized carbons (Fsp3) is 0.917. The molecule has 1 saturated heterocycles. The predicted molar refractivity (Wildman–Crippen MR) is 64.0 cm³/mol. The molecule has 0 aromatic rings. The van der Waals surface area contributed by atoms with Crippen molar-refractivity contribution in [1.82, 2.24) is 5.32 Å². The Labute approximate surface area is 97.9 Å². The normalized spacial score (nSPS) is 26.1. The maximum atomic E-state index is 11.6. The summed E-state index contributed by atoms with van der Waals surface area (Å²) < 4.78 is 5.66. The SMILES string of the molecule is CC(C)C1OCCC1CNC(=O)C(C)(C)N. The number of nitrogens with two attached hydrogens (primary N) is 1. The molecule has 0 bridgehead atoms. The van der Waals surface area contributed by atoms with Crippen LogP contribution in [0.25, 0.3) is 0 Å². The van der Waals surface area contributed by atoms with Gasteiger partial charge in [-0.1, -0.05) is 13.8 Å². The van der Waals surface area contributed by atoms with E-state index in [1.807, 2.05) is 0 Å². The summed E-state index contributed by atoms with van der Waals surface area (Å²) in [5.41, 5.74) is 4.92. The number of ether oxygens (including phenoxy) is 1. The molecular formula is C12H24N2O2. The molecule has 1 fully saturated rings. The van der Waals surface area contributed by atoms with Gasteiger partial charge in [0.05, 0.1) is 11.6 Å². The summed E-state index contributed by atoms with van der Waals surface area (Å²) in [5.74, 6) is 0.823. The summed E-state index contributed by atoms with van der Waals surface area (Å²) in [6.07, 6.45) is 1.29. The molecule has 0 aromatic carbocycles. The summed E-state index contributed by atoms with van der Waals surface area (Å²) in [4.78, 5) is 11.6. The fourth-order valence-electron chi connectivity index (χ4n) is 2.06. The van der Waals surface area contributed by atoms with Crippen molar-refractivity contribution in [3.05, 3.63) is 0 Å². The summed E-state index contributed by atoms with van der Waals surface area (Å²) >= 11 is 0. The number of amides is 1. The second-order valence-electron chi connectivity index (χ2n) is 5.56. The van der Waals surface area contributed by atoms with Gasteiger partial charge in [-0.15, -0.1) is 0 Å². The Hall–Kier alpha value is -0.610. The Morgan fingerprint density at radius 1 is 1.56 bits per heavy atom. The van der Waals surface area contributed by atoms with E-state index >= 15 is 0 Å². The Morgan fingerprint density at radius 3 is 2.69 bits per heavy atom. The minimum atomic E-state index is -0.799. The molecule has 0 aromatic heterocycles. The van der Waals surface area contributed by atoms with E-state index in [4.69, 9.17) is 10.5 Å². The van der Waals surface area contributed by atoms with Gasteiger partial charge in [0.25, 0.3) is 0 Å². The summed E-state index contributed by atoms with van der Waals surface area (Å²) in [5, 5.41) is 2.91. The van der Waals surface area contributed by atoms with Crippen molar-refractivity contribution in [3.8, 4) is 0 Å². The molecule has 2 unspecified atom stereocenters. The van der Waals surface area contributed by atoms with Gasteiger partial charge < -0.3 is 15.8 Å². The van der Waals surface area contributed by atoms with Crippen LogP contribution >= 0.6 is 0 Å². The number of hydrogen-bond donors (Lipinski definition) is 2. The maximum absolute atomic E-state index is 11.6. The van der Waals surface area contributed by atoms with Crippen molar-refractivity contribution in [2.75, 3.05) is 13.2 Å². The minimum absolute atomic E-state index is 0.0955. The van der Waals surface area contributed by atoms with E-state index in [0.29, 0.717) is 18.4 Å². The van der Waals surface area contributed by atoms with Crippen LogP contribution in [0.4, 0.5) is 0 Å². The van der Waals surface area contributed by atoms with Gasteiger partial charge >= 0.3 is 0 Å². The fourth-order valence-corrected chi connectivity index (χ4v) is 2.06. The monoisotopic (exact) mass is 228 g/mol. The van der Waals surface area contributed by atoms with Crippen molar-refractivity contribution in [2.45, 2.75) is 45.8 Å². The molecule has 0 aliphatic carbocycles. The number of carbonyl (C=O) groups excluding carboxylic acids is 1. The van der Waals surface area contributed by atoms with E-state index < -0.39 is 5.54 Å². The third-order valence-corrected chi connectivity index (χ3v) is 3.03. The largest absolute Gasteiger partial charge is 0.378 e. The Kier molecular flexibility index (Phi) is 4.33. The molecular weight excluding hydrogens is 204 g/mol. The maximum Gasteiger partial charge on any atom is 0.239 e. The van der Waals surface area contributed by atoms with Gasteiger partial charge in [0.2, 0.25) is 5.91 Å². The molecule has 1 heterocycles. The van der Waals surface area contributed by atoms with Gasteiger partial charge in [-0.05, 0) is 26.2 Å². The second kappa shape index (κ2) is 5.15. The zero-order chi connectivity index (χ0) is 12.3. The number of nitrogens with one attached hydrogen (secondary N) is 1. The van der Waals surface area contributed by atoms with Gasteiger partial charge in [-0.3, -0.25) is 4.79 Å². The van der Waals surface area contributed by atoms with Crippen LogP contribution in [0.15, 0.2) is 0 Å². The Balaban J connectivity index is 2.40. The highest BCUT2D eigenvalue weighted by atomic mass is 16.5. The van der Waals surface area contributed by atoms with Gasteiger partial charge in [-0.25, -0.2) is 0 Å². The lowest BCUT2D eigenvalue weighted by Gasteiger charge is -2.24. The predicted octanol–water partition coefficient (Wildman–Crippen LogP) is 0.901. The Bertz CT molecular complexity index is 246. The lowest BCUT2D eigenvalue weighted by Crippen LogP contribution is -2.50. The van der Waals surface area contributed by atoms with E-state index in [9.17, 15) is 4.79 Å². The lowest BCUT2D eigenvalue weighted by atomic mass is 9.92. The first-order valence-corrected chi connectivity index (χ1v) is 6.01. The van der Waals surface area contributed by atoms with Crippen molar-refractivity contribution in [3.63, 3.8) is 0 Å². The van der Waals surface area contributed by atoms with Crippen LogP contribution in [0.1, 0.15) is 34.1 Å². The van der Waals surface area contributed by atoms with E-state index in [-0.39, 0.29) is 12.0 Å². The third kappa shape index (κ3) is 3.46. The van der Waals surface area contributed by atoms with Crippen LogP contribution in [0.2, 0.25) is 0 Å². The van der Waals surface area contributed by atoms with Crippen molar-refractivity contribution in [1.29, 1.82) is 0 Å². The van der Waals surface area contributed by atoms with E-state index in [1.165, 1.54) is 0 Å². The van der Waals surface area contributed by atoms with Crippen LogP contribution in [-0.4, -0.2) is 30.7 Å². The van der Waals surface area contributed by atoms with Crippen LogP contribution in [0.3, 0.4) is 0 Å². The van der Waals surface area contributed by atoms with Crippen molar-refractivity contribution >= 4 is 5.91 Å². The molecule has 4 nitrogen and oxygen atoms in total. The molecule has 3 N–H and O–H groups in total. The van der Waals surface area contributed by atoms with Crippen LogP contribution < -0.4 is 11.1 Å². The standard InChI is InChI=1S/C12H24N2O2/c1-8(2)10-9(5-6-16-10)7-14-11(15)12(3,4)13/h8-10H,5-7,13H2,1-4H3,(H,14,15). The smallest absolute Gasteiger partial charge is 0.239 e. The van der Waals surface area contributed by atoms with E-state index in [2.05, 4.69) is 19.2 Å². The molecule has 2 atom stereocenters. The van der Waals surface area contributed by atoms with Crippen LogP contribution in [-0.2, 0) is 9.53 Å². The molecule has 0 spiro atoms. The first-order valence-electron chi connectivity index (χ1n) is 6.01. The first-order chi connectivity index (χ1) is 7.32. The lowest BCUT2D eigenvalue weighted by molar-refractivity contribution is -0.125. The van der Waals surface area contributed by atoms with Crippen LogP contribution in [0, 0.1) is 11.8 Å². The number of rotatable bonds is 4. The van der Waals surface area contributed by atoms with Crippen molar-refractivity contribution in [2.24, 2.45) is 17.6 Å². The molecule has 0 radical (unpaired) electrons.